The second-order valence-corrected chi connectivity index (χ2v) is 5.43. The highest BCUT2D eigenvalue weighted by Crippen LogP contribution is 2.17. The van der Waals surface area contributed by atoms with Gasteiger partial charge in [0.25, 0.3) is 5.91 Å². The number of hydrogen-bond acceptors (Lipinski definition) is 5. The Bertz CT molecular complexity index is 619. The molecule has 2 rings (SSSR count). The highest BCUT2D eigenvalue weighted by molar-refractivity contribution is 5.98. The molecule has 0 saturated carbocycles. The number of rotatable bonds is 2. The van der Waals surface area contributed by atoms with E-state index in [0.717, 1.165) is 5.56 Å². The number of carbonyl (C=O) groups is 1. The van der Waals surface area contributed by atoms with Crippen LogP contribution in [-0.4, -0.2) is 26.4 Å². The minimum absolute atomic E-state index is 0.161. The molecule has 2 aromatic heterocycles. The van der Waals surface area contributed by atoms with Gasteiger partial charge in [-0.2, -0.15) is 0 Å². The Morgan fingerprint density at radius 1 is 1.25 bits per heavy atom. The molecule has 0 aliphatic carbocycles. The van der Waals surface area contributed by atoms with E-state index in [1.54, 1.807) is 24.5 Å². The van der Waals surface area contributed by atoms with Crippen molar-refractivity contribution in [1.82, 2.24) is 20.3 Å². The lowest BCUT2D eigenvalue weighted by Gasteiger charge is -2.20. The van der Waals surface area contributed by atoms with Crippen molar-refractivity contribution >= 4 is 11.7 Å². The van der Waals surface area contributed by atoms with Crippen molar-refractivity contribution < 1.29 is 4.79 Å². The number of amides is 1. The predicted octanol–water partition coefficient (Wildman–Crippen LogP) is 1.65. The van der Waals surface area contributed by atoms with E-state index in [0.29, 0.717) is 5.82 Å². The first-order valence-corrected chi connectivity index (χ1v) is 6.22. The molecule has 3 N–H and O–H groups in total. The van der Waals surface area contributed by atoms with Crippen molar-refractivity contribution in [2.24, 2.45) is 0 Å². The van der Waals surface area contributed by atoms with Gasteiger partial charge in [-0.15, -0.1) is 0 Å². The molecule has 0 aliphatic heterocycles. The van der Waals surface area contributed by atoms with Gasteiger partial charge in [-0.1, -0.05) is 0 Å². The maximum atomic E-state index is 12.0. The summed E-state index contributed by atoms with van der Waals surface area (Å²) in [7, 11) is 0. The topological polar surface area (TPSA) is 93.8 Å². The highest BCUT2D eigenvalue weighted by Gasteiger charge is 2.18. The maximum Gasteiger partial charge on any atom is 0.257 e. The van der Waals surface area contributed by atoms with E-state index >= 15 is 0 Å². The Labute approximate surface area is 117 Å². The van der Waals surface area contributed by atoms with Crippen LogP contribution in [0.15, 0.2) is 30.7 Å². The van der Waals surface area contributed by atoms with Crippen molar-refractivity contribution in [2.45, 2.75) is 26.3 Å². The van der Waals surface area contributed by atoms with Crippen molar-refractivity contribution in [2.75, 3.05) is 5.73 Å². The highest BCUT2D eigenvalue weighted by atomic mass is 16.1. The first-order chi connectivity index (χ1) is 9.37. The summed E-state index contributed by atoms with van der Waals surface area (Å²) in [5, 5.41) is 2.83. The molecule has 104 valence electrons. The number of nitrogens with two attached hydrogens (primary N) is 1. The number of hydrogen-bond donors (Lipinski definition) is 2. The van der Waals surface area contributed by atoms with Crippen molar-refractivity contribution in [3.8, 4) is 11.4 Å². The van der Waals surface area contributed by atoms with E-state index in [4.69, 9.17) is 5.73 Å². The Hall–Kier alpha value is -2.50. The van der Waals surface area contributed by atoms with Crippen LogP contribution >= 0.6 is 0 Å². The van der Waals surface area contributed by atoms with Crippen molar-refractivity contribution in [3.05, 3.63) is 36.3 Å². The van der Waals surface area contributed by atoms with Crippen molar-refractivity contribution in [3.63, 3.8) is 0 Å². The Morgan fingerprint density at radius 2 is 1.90 bits per heavy atom. The van der Waals surface area contributed by atoms with Gasteiger partial charge in [0.15, 0.2) is 5.82 Å². The molecular formula is C14H17N5O. The number of nitrogens with zero attached hydrogens (tertiary/aromatic N) is 3. The SMILES string of the molecule is CC(C)(C)NC(=O)c1cnc(-c2ccncc2)nc1N. The van der Waals surface area contributed by atoms with Crippen LogP contribution in [0.4, 0.5) is 5.82 Å². The summed E-state index contributed by atoms with van der Waals surface area (Å²) in [6.07, 6.45) is 4.74. The summed E-state index contributed by atoms with van der Waals surface area (Å²) < 4.78 is 0. The predicted molar refractivity (Wildman–Crippen MR) is 76.9 cm³/mol. The number of pyridine rings is 1. The van der Waals surface area contributed by atoms with E-state index in [2.05, 4.69) is 20.3 Å². The average Bonchev–Trinajstić information content (AvgIpc) is 2.37. The molecule has 0 radical (unpaired) electrons. The van der Waals surface area contributed by atoms with E-state index < -0.39 is 0 Å². The molecule has 0 spiro atoms. The lowest BCUT2D eigenvalue weighted by Crippen LogP contribution is -2.41. The molecule has 2 aromatic rings. The Balaban J connectivity index is 2.29. The summed E-state index contributed by atoms with van der Waals surface area (Å²) >= 11 is 0. The summed E-state index contributed by atoms with van der Waals surface area (Å²) in [5.41, 5.74) is 6.59. The molecule has 2 heterocycles. The molecule has 0 saturated heterocycles. The Morgan fingerprint density at radius 3 is 2.45 bits per heavy atom. The van der Waals surface area contributed by atoms with E-state index in [-0.39, 0.29) is 22.8 Å². The zero-order chi connectivity index (χ0) is 14.8. The third-order valence-corrected chi connectivity index (χ3v) is 2.49. The van der Waals surface area contributed by atoms with Crippen LogP contribution in [-0.2, 0) is 0 Å². The van der Waals surface area contributed by atoms with E-state index in [1.807, 2.05) is 20.8 Å². The van der Waals surface area contributed by atoms with Gasteiger partial charge >= 0.3 is 0 Å². The van der Waals surface area contributed by atoms with E-state index in [1.165, 1.54) is 6.20 Å². The lowest BCUT2D eigenvalue weighted by atomic mass is 10.1. The van der Waals surface area contributed by atoms with Gasteiger partial charge in [0.05, 0.1) is 5.56 Å². The Kier molecular flexibility index (Phi) is 3.65. The molecule has 6 nitrogen and oxygen atoms in total. The van der Waals surface area contributed by atoms with Crippen LogP contribution in [0.25, 0.3) is 11.4 Å². The fourth-order valence-corrected chi connectivity index (χ4v) is 1.62. The summed E-state index contributed by atoms with van der Waals surface area (Å²) in [5.74, 6) is 0.349. The fourth-order valence-electron chi connectivity index (χ4n) is 1.62. The molecule has 0 aromatic carbocycles. The number of anilines is 1. The standard InChI is InChI=1S/C14H17N5O/c1-14(2,3)19-13(20)10-8-17-12(18-11(10)15)9-4-6-16-7-5-9/h4-8H,1-3H3,(H,19,20)(H2,15,17,18). The summed E-state index contributed by atoms with van der Waals surface area (Å²) in [6.45, 7) is 5.69. The van der Waals surface area contributed by atoms with Gasteiger partial charge in [-0.05, 0) is 32.9 Å². The molecule has 0 unspecified atom stereocenters. The van der Waals surface area contributed by atoms with Gasteiger partial charge in [0.2, 0.25) is 0 Å². The van der Waals surface area contributed by atoms with Crippen LogP contribution in [0.1, 0.15) is 31.1 Å². The van der Waals surface area contributed by atoms with E-state index in [9.17, 15) is 4.79 Å². The molecule has 0 atom stereocenters. The van der Waals surface area contributed by atoms with Crippen molar-refractivity contribution in [1.29, 1.82) is 0 Å². The smallest absolute Gasteiger partial charge is 0.257 e. The quantitative estimate of drug-likeness (QED) is 0.866. The maximum absolute atomic E-state index is 12.0. The van der Waals surface area contributed by atoms with Gasteiger partial charge in [-0.3, -0.25) is 9.78 Å². The second kappa shape index (κ2) is 5.24. The van der Waals surface area contributed by atoms with Crippen LogP contribution < -0.4 is 11.1 Å². The molecule has 0 bridgehead atoms. The van der Waals surface area contributed by atoms with Gasteiger partial charge in [-0.25, -0.2) is 9.97 Å². The van der Waals surface area contributed by atoms with Gasteiger partial charge in [0, 0.05) is 29.7 Å². The minimum Gasteiger partial charge on any atom is -0.383 e. The van der Waals surface area contributed by atoms with Crippen LogP contribution in [0, 0.1) is 0 Å². The van der Waals surface area contributed by atoms with Gasteiger partial charge in [0.1, 0.15) is 5.82 Å². The fraction of sp³-hybridized carbons (Fsp3) is 0.286. The number of nitrogens with one attached hydrogen (secondary N) is 1. The normalized spacial score (nSPS) is 11.2. The first-order valence-electron chi connectivity index (χ1n) is 6.22. The molecule has 20 heavy (non-hydrogen) atoms. The molecular weight excluding hydrogens is 254 g/mol. The zero-order valence-corrected chi connectivity index (χ0v) is 11.7. The van der Waals surface area contributed by atoms with Crippen LogP contribution in [0.2, 0.25) is 0 Å². The van der Waals surface area contributed by atoms with Gasteiger partial charge < -0.3 is 11.1 Å². The van der Waals surface area contributed by atoms with Crippen LogP contribution in [0.3, 0.4) is 0 Å². The third kappa shape index (κ3) is 3.28. The number of aromatic nitrogens is 3. The zero-order valence-electron chi connectivity index (χ0n) is 11.7. The monoisotopic (exact) mass is 271 g/mol. The second-order valence-electron chi connectivity index (χ2n) is 5.43. The average molecular weight is 271 g/mol. The minimum atomic E-state index is -0.340. The largest absolute Gasteiger partial charge is 0.383 e. The summed E-state index contributed by atoms with van der Waals surface area (Å²) in [4.78, 5) is 24.3. The first kappa shape index (κ1) is 13.9. The summed E-state index contributed by atoms with van der Waals surface area (Å²) in [6, 6.07) is 3.56. The molecule has 0 aliphatic rings. The number of carbonyl (C=O) groups excluding carboxylic acids is 1. The molecule has 0 fully saturated rings. The number of nitrogen functional groups attached to an aromatic ring is 1. The third-order valence-electron chi connectivity index (χ3n) is 2.49. The van der Waals surface area contributed by atoms with Crippen LogP contribution in [0.5, 0.6) is 0 Å². The lowest BCUT2D eigenvalue weighted by molar-refractivity contribution is 0.0920. The molecule has 1 amide bonds. The molecule has 6 heteroatoms.